The van der Waals surface area contributed by atoms with Crippen LogP contribution in [0.5, 0.6) is 11.5 Å². The minimum absolute atomic E-state index is 0.454. The average Bonchev–Trinajstić information content (AvgIpc) is 2.54. The van der Waals surface area contributed by atoms with Gasteiger partial charge in [0.25, 0.3) is 0 Å². The Labute approximate surface area is 124 Å². The molecule has 3 nitrogen and oxygen atoms in total. The molecule has 2 aromatic carbocycles. The first kappa shape index (κ1) is 15.3. The molecule has 0 fully saturated rings. The second-order valence-electron chi connectivity index (χ2n) is 4.67. The Balaban J connectivity index is 2.14. The van der Waals surface area contributed by atoms with E-state index in [1.165, 1.54) is 0 Å². The van der Waals surface area contributed by atoms with Crippen LogP contribution in [-0.4, -0.2) is 13.3 Å². The Bertz CT molecular complexity index is 560. The highest BCUT2D eigenvalue weighted by molar-refractivity contribution is 5.44. The maximum Gasteiger partial charge on any atom is 0.161 e. The topological polar surface area (TPSA) is 44.5 Å². The van der Waals surface area contributed by atoms with Gasteiger partial charge in [-0.3, -0.25) is 0 Å². The van der Waals surface area contributed by atoms with Crippen LogP contribution in [0.15, 0.2) is 48.5 Å². The number of alkyl halides is 1. The van der Waals surface area contributed by atoms with E-state index in [0.29, 0.717) is 30.3 Å². The molecule has 0 bridgehead atoms. The first-order valence-corrected chi connectivity index (χ1v) is 6.99. The highest BCUT2D eigenvalue weighted by atomic mass is 19.1. The highest BCUT2D eigenvalue weighted by Crippen LogP contribution is 2.31. The number of halogens is 1. The molecule has 1 atom stereocenters. The summed E-state index contributed by atoms with van der Waals surface area (Å²) in [7, 11) is 0. The number of rotatable bonds is 7. The molecule has 2 rings (SSSR count). The molecule has 0 saturated carbocycles. The maximum absolute atomic E-state index is 12.7. The zero-order chi connectivity index (χ0) is 15.1. The van der Waals surface area contributed by atoms with Gasteiger partial charge in [0.15, 0.2) is 11.5 Å². The van der Waals surface area contributed by atoms with Crippen molar-refractivity contribution in [1.82, 2.24) is 0 Å². The van der Waals surface area contributed by atoms with Gasteiger partial charge in [0.1, 0.15) is 13.3 Å². The third-order valence-electron chi connectivity index (χ3n) is 3.10. The van der Waals surface area contributed by atoms with Crippen LogP contribution in [-0.2, 0) is 6.61 Å². The van der Waals surface area contributed by atoms with Crippen molar-refractivity contribution < 1.29 is 13.9 Å². The molecule has 4 heteroatoms. The van der Waals surface area contributed by atoms with E-state index in [1.807, 2.05) is 37.3 Å². The van der Waals surface area contributed by atoms with Crippen molar-refractivity contribution in [2.75, 3.05) is 13.3 Å². The predicted octanol–water partition coefficient (Wildman–Crippen LogP) is 3.63. The lowest BCUT2D eigenvalue weighted by Gasteiger charge is -2.15. The molecule has 0 unspecified atom stereocenters. The van der Waals surface area contributed by atoms with Crippen LogP contribution >= 0.6 is 0 Å². The average molecular weight is 289 g/mol. The van der Waals surface area contributed by atoms with Crippen LogP contribution in [0.25, 0.3) is 0 Å². The van der Waals surface area contributed by atoms with Crippen molar-refractivity contribution in [1.29, 1.82) is 0 Å². The monoisotopic (exact) mass is 289 g/mol. The van der Waals surface area contributed by atoms with Gasteiger partial charge in [-0.15, -0.1) is 0 Å². The molecule has 2 aromatic rings. The van der Waals surface area contributed by atoms with Crippen LogP contribution in [0, 0.1) is 0 Å². The molecule has 0 aromatic heterocycles. The molecule has 0 heterocycles. The lowest BCUT2D eigenvalue weighted by Crippen LogP contribution is -2.12. The Morgan fingerprint density at radius 1 is 1.05 bits per heavy atom. The molecule has 0 aliphatic carbocycles. The normalized spacial score (nSPS) is 12.0. The van der Waals surface area contributed by atoms with E-state index in [-0.39, 0.29) is 0 Å². The van der Waals surface area contributed by atoms with Gasteiger partial charge in [0.05, 0.1) is 12.6 Å². The van der Waals surface area contributed by atoms with Gasteiger partial charge in [0, 0.05) is 0 Å². The lowest BCUT2D eigenvalue weighted by molar-refractivity contribution is 0.269. The smallest absolute Gasteiger partial charge is 0.161 e. The van der Waals surface area contributed by atoms with Crippen molar-refractivity contribution in [3.8, 4) is 11.5 Å². The van der Waals surface area contributed by atoms with Crippen molar-refractivity contribution in [3.05, 3.63) is 59.7 Å². The zero-order valence-electron chi connectivity index (χ0n) is 12.1. The molecule has 2 N–H and O–H groups in total. The lowest BCUT2D eigenvalue weighted by atomic mass is 10.1. The molecule has 112 valence electrons. The molecule has 0 saturated heterocycles. The van der Waals surface area contributed by atoms with Crippen molar-refractivity contribution in [2.45, 2.75) is 19.6 Å². The highest BCUT2D eigenvalue weighted by Gasteiger charge is 2.11. The van der Waals surface area contributed by atoms with E-state index in [0.717, 1.165) is 5.56 Å². The van der Waals surface area contributed by atoms with Crippen LogP contribution in [0.3, 0.4) is 0 Å². The number of ether oxygens (including phenoxy) is 2. The van der Waals surface area contributed by atoms with Crippen LogP contribution in [0.1, 0.15) is 24.1 Å². The fourth-order valence-corrected chi connectivity index (χ4v) is 1.97. The minimum Gasteiger partial charge on any atom is -0.490 e. The number of nitrogens with two attached hydrogens (primary N) is 1. The summed E-state index contributed by atoms with van der Waals surface area (Å²) in [6.45, 7) is 2.25. The van der Waals surface area contributed by atoms with Crippen LogP contribution < -0.4 is 15.2 Å². The third-order valence-corrected chi connectivity index (χ3v) is 3.10. The van der Waals surface area contributed by atoms with Gasteiger partial charge in [-0.1, -0.05) is 36.4 Å². The van der Waals surface area contributed by atoms with Gasteiger partial charge < -0.3 is 15.2 Å². The Morgan fingerprint density at radius 2 is 1.81 bits per heavy atom. The number of benzene rings is 2. The standard InChI is InChI=1S/C17H20FNO2/c1-2-20-17-10-14(15(19)11-18)8-9-16(17)21-12-13-6-4-3-5-7-13/h3-10,15H,2,11-12,19H2,1H3/t15-/m0/s1. The minimum atomic E-state index is -0.632. The summed E-state index contributed by atoms with van der Waals surface area (Å²) in [6.07, 6.45) is 0. The first-order chi connectivity index (χ1) is 10.2. The van der Waals surface area contributed by atoms with E-state index >= 15 is 0 Å². The zero-order valence-corrected chi connectivity index (χ0v) is 12.1. The SMILES string of the molecule is CCOc1cc([C@@H](N)CF)ccc1OCc1ccccc1. The molecule has 0 aliphatic rings. The van der Waals surface area contributed by atoms with Gasteiger partial charge in [-0.2, -0.15) is 0 Å². The molecule has 0 aliphatic heterocycles. The molecular weight excluding hydrogens is 269 g/mol. The van der Waals surface area contributed by atoms with E-state index in [9.17, 15) is 4.39 Å². The second kappa shape index (κ2) is 7.64. The Kier molecular flexibility index (Phi) is 5.58. The third kappa shape index (κ3) is 4.20. The summed E-state index contributed by atoms with van der Waals surface area (Å²) in [5.74, 6) is 1.23. The summed E-state index contributed by atoms with van der Waals surface area (Å²) in [5, 5.41) is 0. The molecular formula is C17H20FNO2. The van der Waals surface area contributed by atoms with E-state index < -0.39 is 12.7 Å². The fourth-order valence-electron chi connectivity index (χ4n) is 1.97. The summed E-state index contributed by atoms with van der Waals surface area (Å²) < 4.78 is 24.0. The molecule has 0 spiro atoms. The number of hydrogen-bond donors (Lipinski definition) is 1. The predicted molar refractivity (Wildman–Crippen MR) is 81.3 cm³/mol. The summed E-state index contributed by atoms with van der Waals surface area (Å²) in [5.41, 5.74) is 7.48. The van der Waals surface area contributed by atoms with Crippen molar-refractivity contribution >= 4 is 0 Å². The first-order valence-electron chi connectivity index (χ1n) is 6.99. The van der Waals surface area contributed by atoms with Crippen molar-refractivity contribution in [3.63, 3.8) is 0 Å². The van der Waals surface area contributed by atoms with Gasteiger partial charge in [-0.25, -0.2) is 4.39 Å². The second-order valence-corrected chi connectivity index (χ2v) is 4.67. The molecule has 21 heavy (non-hydrogen) atoms. The molecule has 0 amide bonds. The van der Waals surface area contributed by atoms with Crippen molar-refractivity contribution in [2.24, 2.45) is 5.73 Å². The van der Waals surface area contributed by atoms with Gasteiger partial charge >= 0.3 is 0 Å². The van der Waals surface area contributed by atoms with E-state index in [1.54, 1.807) is 18.2 Å². The van der Waals surface area contributed by atoms with Gasteiger partial charge in [0.2, 0.25) is 0 Å². The summed E-state index contributed by atoms with van der Waals surface area (Å²) in [6, 6.07) is 14.5. The fraction of sp³-hybridized carbons (Fsp3) is 0.294. The van der Waals surface area contributed by atoms with E-state index in [2.05, 4.69) is 0 Å². The maximum atomic E-state index is 12.7. The number of hydrogen-bond acceptors (Lipinski definition) is 3. The Hall–Kier alpha value is -2.07. The largest absolute Gasteiger partial charge is 0.490 e. The van der Waals surface area contributed by atoms with E-state index in [4.69, 9.17) is 15.2 Å². The van der Waals surface area contributed by atoms with Crippen LogP contribution in [0.4, 0.5) is 4.39 Å². The Morgan fingerprint density at radius 3 is 2.48 bits per heavy atom. The van der Waals surface area contributed by atoms with Crippen LogP contribution in [0.2, 0.25) is 0 Å². The summed E-state index contributed by atoms with van der Waals surface area (Å²) >= 11 is 0. The van der Waals surface area contributed by atoms with Gasteiger partial charge in [-0.05, 0) is 30.2 Å². The summed E-state index contributed by atoms with van der Waals surface area (Å²) in [4.78, 5) is 0. The quantitative estimate of drug-likeness (QED) is 0.846. The molecule has 0 radical (unpaired) electrons.